The fourth-order valence-electron chi connectivity index (χ4n) is 5.73. The van der Waals surface area contributed by atoms with Crippen molar-refractivity contribution in [2.24, 2.45) is 0 Å². The van der Waals surface area contributed by atoms with E-state index in [0.29, 0.717) is 36.4 Å². The number of fused-ring (bicyclic) bond motifs is 3. The Hall–Kier alpha value is -3.13. The van der Waals surface area contributed by atoms with Crippen LogP contribution in [0.2, 0.25) is 5.02 Å². The Morgan fingerprint density at radius 3 is 2.88 bits per heavy atom. The van der Waals surface area contributed by atoms with Crippen LogP contribution in [0.3, 0.4) is 0 Å². The van der Waals surface area contributed by atoms with Crippen LogP contribution in [0.25, 0.3) is 22.3 Å². The number of halogens is 3. The van der Waals surface area contributed by atoms with E-state index in [9.17, 15) is 14.3 Å². The predicted molar refractivity (Wildman–Crippen MR) is 140 cm³/mol. The van der Waals surface area contributed by atoms with Gasteiger partial charge in [0.05, 0.1) is 42.2 Å². The highest BCUT2D eigenvalue weighted by molar-refractivity contribution is 6.33. The maximum atomic E-state index is 15.6. The Morgan fingerprint density at radius 2 is 2.12 bits per heavy atom. The fourth-order valence-corrected chi connectivity index (χ4v) is 5.93. The van der Waals surface area contributed by atoms with Gasteiger partial charge in [-0.25, -0.2) is 28.5 Å². The zero-order chi connectivity index (χ0) is 28.3. The van der Waals surface area contributed by atoms with E-state index in [1.54, 1.807) is 11.0 Å². The number of aromatic nitrogens is 4. The molecule has 0 spiro atoms. The molecule has 3 fully saturated rings. The maximum Gasteiger partial charge on any atom is 0.409 e. The molecule has 214 valence electrons. The number of alkyl halides is 1. The van der Waals surface area contributed by atoms with Gasteiger partial charge in [0, 0.05) is 30.6 Å². The van der Waals surface area contributed by atoms with Gasteiger partial charge in [-0.2, -0.15) is 0 Å². The van der Waals surface area contributed by atoms with E-state index in [4.69, 9.17) is 25.8 Å². The highest BCUT2D eigenvalue weighted by Crippen LogP contribution is 2.37. The summed E-state index contributed by atoms with van der Waals surface area (Å²) in [6, 6.07) is 1.93. The highest BCUT2D eigenvalue weighted by atomic mass is 35.5. The van der Waals surface area contributed by atoms with E-state index in [2.05, 4.69) is 20.3 Å². The quantitative estimate of drug-likeness (QED) is 0.467. The van der Waals surface area contributed by atoms with E-state index < -0.39 is 42.6 Å². The Morgan fingerprint density at radius 1 is 1.32 bits per heavy atom. The largest absolute Gasteiger partial charge is 0.453 e. The number of nitrogens with one attached hydrogen (secondary N) is 1. The first-order valence-electron chi connectivity index (χ1n) is 13.1. The second kappa shape index (κ2) is 10.4. The first-order valence-corrected chi connectivity index (χ1v) is 13.5. The van der Waals surface area contributed by atoms with Crippen LogP contribution < -0.4 is 5.32 Å². The van der Waals surface area contributed by atoms with Crippen LogP contribution in [0.4, 0.5) is 19.5 Å². The van der Waals surface area contributed by atoms with E-state index in [1.807, 2.05) is 18.4 Å². The lowest BCUT2D eigenvalue weighted by molar-refractivity contribution is -0.164. The van der Waals surface area contributed by atoms with Gasteiger partial charge in [-0.15, -0.1) is 0 Å². The molecule has 11 nitrogen and oxygen atoms in total. The summed E-state index contributed by atoms with van der Waals surface area (Å²) in [7, 11) is 1.34. The number of methoxy groups -OCH3 is 1. The number of ether oxygens (including phenoxy) is 3. The van der Waals surface area contributed by atoms with Gasteiger partial charge in [-0.1, -0.05) is 11.6 Å². The second-order valence-corrected chi connectivity index (χ2v) is 10.9. The van der Waals surface area contributed by atoms with Gasteiger partial charge in [0.15, 0.2) is 18.3 Å². The predicted octanol–water partition coefficient (Wildman–Crippen LogP) is 3.66. The van der Waals surface area contributed by atoms with Crippen molar-refractivity contribution in [1.82, 2.24) is 24.4 Å². The van der Waals surface area contributed by atoms with Crippen LogP contribution in [-0.2, 0) is 14.2 Å². The summed E-state index contributed by atoms with van der Waals surface area (Å²) >= 11 is 6.45. The molecule has 0 unspecified atom stereocenters. The number of amides is 1. The van der Waals surface area contributed by atoms with Gasteiger partial charge >= 0.3 is 6.09 Å². The molecule has 1 amide bonds. The SMILES string of the molecule is COC(=O)N1CC[C@@H](c2nc3c(F)cc(-c4nc(N[C@H]5[C@H](O)[C@@H]6CO[C@@H](O6)[C@@H]5F)ncc4Cl)cc3n2C(C)C)C1. The molecule has 0 aliphatic carbocycles. The van der Waals surface area contributed by atoms with Gasteiger partial charge in [-0.05, 0) is 32.4 Å². The number of aliphatic hydroxyl groups is 1. The van der Waals surface area contributed by atoms with Crippen molar-refractivity contribution >= 4 is 34.7 Å². The molecule has 1 aromatic carbocycles. The zero-order valence-electron chi connectivity index (χ0n) is 22.1. The molecule has 3 aliphatic rings. The lowest BCUT2D eigenvalue weighted by Gasteiger charge is -2.34. The average Bonchev–Trinajstić information content (AvgIpc) is 3.68. The summed E-state index contributed by atoms with van der Waals surface area (Å²) < 4.78 is 47.9. The minimum Gasteiger partial charge on any atom is -0.453 e. The van der Waals surface area contributed by atoms with E-state index >= 15 is 4.39 Å². The van der Waals surface area contributed by atoms with Crippen molar-refractivity contribution in [3.63, 3.8) is 0 Å². The standard InChI is InChI=1S/C26H29ClF2N6O5/c1-11(2)35-16-7-13(6-15(28)20(16)31-23(35)12-4-5-34(9-12)26(37)38-3)19-14(27)8-30-25(32-19)33-21-18(29)24-39-10-17(40-24)22(21)36/h6-8,11-12,17-18,21-22,24,36H,4-5,9-10H2,1-3H3,(H,30,32,33)/t12-,17+,18-,21-,22-,24+/m1/s1. The van der Waals surface area contributed by atoms with Gasteiger partial charge < -0.3 is 34.1 Å². The molecule has 3 aromatic rings. The van der Waals surface area contributed by atoms with Gasteiger partial charge in [0.1, 0.15) is 23.5 Å². The number of hydrogen-bond acceptors (Lipinski definition) is 9. The number of aliphatic hydroxyl groups excluding tert-OH is 1. The Balaban J connectivity index is 1.35. The van der Waals surface area contributed by atoms with Crippen molar-refractivity contribution in [2.75, 3.05) is 32.1 Å². The molecular weight excluding hydrogens is 550 g/mol. The summed E-state index contributed by atoms with van der Waals surface area (Å²) in [5.74, 6) is 0.0503. The number of rotatable bonds is 5. The number of nitrogens with zero attached hydrogens (tertiary/aromatic N) is 5. The fraction of sp³-hybridized carbons (Fsp3) is 0.538. The molecule has 2 aromatic heterocycles. The summed E-state index contributed by atoms with van der Waals surface area (Å²) in [5, 5.41) is 13.5. The normalized spacial score (nSPS) is 28.1. The highest BCUT2D eigenvalue weighted by Gasteiger charge is 2.51. The third kappa shape index (κ3) is 4.54. The third-order valence-electron chi connectivity index (χ3n) is 7.68. The van der Waals surface area contributed by atoms with Crippen molar-refractivity contribution in [2.45, 2.75) is 62.9 Å². The number of imidazole rings is 1. The van der Waals surface area contributed by atoms with Crippen LogP contribution >= 0.6 is 11.6 Å². The first kappa shape index (κ1) is 27.1. The number of carbonyl (C=O) groups is 1. The van der Waals surface area contributed by atoms with E-state index in [0.717, 1.165) is 0 Å². The van der Waals surface area contributed by atoms with Crippen LogP contribution in [0.5, 0.6) is 0 Å². The molecule has 14 heteroatoms. The number of carbonyl (C=O) groups excluding carboxylic acids is 1. The number of hydrogen-bond donors (Lipinski definition) is 2. The number of anilines is 1. The minimum absolute atomic E-state index is 0.0137. The average molecular weight is 579 g/mol. The van der Waals surface area contributed by atoms with E-state index in [1.165, 1.54) is 19.4 Å². The van der Waals surface area contributed by atoms with Gasteiger partial charge in [-0.3, -0.25) is 0 Å². The van der Waals surface area contributed by atoms with Crippen molar-refractivity contribution < 1.29 is 32.9 Å². The molecule has 0 radical (unpaired) electrons. The molecule has 2 N–H and O–H groups in total. The third-order valence-corrected chi connectivity index (χ3v) is 7.95. The summed E-state index contributed by atoms with van der Waals surface area (Å²) in [5.41, 5.74) is 1.36. The van der Waals surface area contributed by atoms with Crippen LogP contribution in [0.15, 0.2) is 18.3 Å². The molecule has 5 heterocycles. The lowest BCUT2D eigenvalue weighted by Crippen LogP contribution is -2.55. The smallest absolute Gasteiger partial charge is 0.409 e. The Bertz CT molecular complexity index is 1440. The van der Waals surface area contributed by atoms with Crippen molar-refractivity contribution in [3.05, 3.63) is 35.0 Å². The summed E-state index contributed by atoms with van der Waals surface area (Å²) in [6.45, 7) is 4.98. The molecule has 6 rings (SSSR count). The van der Waals surface area contributed by atoms with Crippen LogP contribution in [0, 0.1) is 5.82 Å². The van der Waals surface area contributed by atoms with Gasteiger partial charge in [0.2, 0.25) is 5.95 Å². The second-order valence-electron chi connectivity index (χ2n) is 10.5. The minimum atomic E-state index is -1.66. The van der Waals surface area contributed by atoms with Crippen LogP contribution in [0.1, 0.15) is 38.1 Å². The van der Waals surface area contributed by atoms with Gasteiger partial charge in [0.25, 0.3) is 0 Å². The lowest BCUT2D eigenvalue weighted by atomic mass is 9.99. The van der Waals surface area contributed by atoms with Crippen molar-refractivity contribution in [1.29, 1.82) is 0 Å². The molecule has 0 saturated carbocycles. The molecule has 6 atom stereocenters. The zero-order valence-corrected chi connectivity index (χ0v) is 22.8. The molecule has 3 saturated heterocycles. The summed E-state index contributed by atoms with van der Waals surface area (Å²) in [4.78, 5) is 26.9. The molecule has 40 heavy (non-hydrogen) atoms. The van der Waals surface area contributed by atoms with E-state index in [-0.39, 0.29) is 40.7 Å². The number of likely N-dealkylation sites (tertiary alicyclic amines) is 1. The molecule has 3 aliphatic heterocycles. The monoisotopic (exact) mass is 578 g/mol. The van der Waals surface area contributed by atoms with Crippen LogP contribution in [-0.4, -0.2) is 93.1 Å². The van der Waals surface area contributed by atoms with Crippen molar-refractivity contribution in [3.8, 4) is 11.3 Å². The summed E-state index contributed by atoms with van der Waals surface area (Å²) in [6.07, 6.45) is -2.99. The maximum absolute atomic E-state index is 15.6. The first-order chi connectivity index (χ1) is 19.2. The number of benzene rings is 1. The Kier molecular flexibility index (Phi) is 7.01. The Labute approximate surface area is 233 Å². The molecule has 2 bridgehead atoms. The molecular formula is C26H29ClF2N6O5. The topological polar surface area (TPSA) is 124 Å².